The highest BCUT2D eigenvalue weighted by atomic mass is 14.0. The second-order valence-electron chi connectivity index (χ2n) is 5.14. The van der Waals surface area contributed by atoms with Crippen LogP contribution < -0.4 is 0 Å². The molecule has 0 radical (unpaired) electrons. The third-order valence-electron chi connectivity index (χ3n) is 2.71. The predicted molar refractivity (Wildman–Crippen MR) is 91.8 cm³/mol. The van der Waals surface area contributed by atoms with Crippen LogP contribution in [0.2, 0.25) is 0 Å². The maximum Gasteiger partial charge on any atom is -0.0230 e. The van der Waals surface area contributed by atoms with Crippen LogP contribution in [-0.2, 0) is 0 Å². The fraction of sp³-hybridized carbons (Fsp3) is 0.579. The Labute approximate surface area is 121 Å². The second-order valence-corrected chi connectivity index (χ2v) is 5.14. The summed E-state index contributed by atoms with van der Waals surface area (Å²) in [6.07, 6.45) is 5.33. The van der Waals surface area contributed by atoms with Crippen molar-refractivity contribution >= 4 is 5.57 Å². The molecule has 0 spiro atoms. The number of aryl methyl sites for hydroxylation is 2. The highest BCUT2D eigenvalue weighted by molar-refractivity contribution is 5.62. The Morgan fingerprint density at radius 2 is 1.42 bits per heavy atom. The van der Waals surface area contributed by atoms with Gasteiger partial charge in [0.2, 0.25) is 0 Å². The minimum absolute atomic E-state index is 1.13. The molecule has 19 heavy (non-hydrogen) atoms. The summed E-state index contributed by atoms with van der Waals surface area (Å²) in [6, 6.07) is 6.43. The largest absolute Gasteiger partial charge is 0.0955 e. The minimum atomic E-state index is 1.13. The zero-order valence-corrected chi connectivity index (χ0v) is 14.3. The molecule has 0 saturated carbocycles. The summed E-state index contributed by atoms with van der Waals surface area (Å²) in [5, 5.41) is 0. The first-order chi connectivity index (χ1) is 8.94. The summed E-state index contributed by atoms with van der Waals surface area (Å²) in [4.78, 5) is 0. The Morgan fingerprint density at radius 1 is 0.947 bits per heavy atom. The van der Waals surface area contributed by atoms with Crippen LogP contribution in [0.15, 0.2) is 24.8 Å². The molecule has 0 aliphatic carbocycles. The third kappa shape index (κ3) is 11.8. The summed E-state index contributed by atoms with van der Waals surface area (Å²) in [6.45, 7) is 18.9. The fourth-order valence-corrected chi connectivity index (χ4v) is 1.36. The van der Waals surface area contributed by atoms with Gasteiger partial charge in [-0.15, -0.1) is 0 Å². The fourth-order valence-electron chi connectivity index (χ4n) is 1.36. The lowest BCUT2D eigenvalue weighted by Crippen LogP contribution is -1.83. The van der Waals surface area contributed by atoms with Gasteiger partial charge in [0.25, 0.3) is 0 Å². The van der Waals surface area contributed by atoms with Gasteiger partial charge in [0.1, 0.15) is 0 Å². The maximum absolute atomic E-state index is 3.90. The van der Waals surface area contributed by atoms with Crippen LogP contribution in [0.4, 0.5) is 0 Å². The molecule has 0 N–H and O–H groups in total. The second kappa shape index (κ2) is 13.4. The van der Waals surface area contributed by atoms with Gasteiger partial charge in [-0.3, -0.25) is 0 Å². The summed E-state index contributed by atoms with van der Waals surface area (Å²) in [7, 11) is 0. The molecule has 1 aromatic carbocycles. The Morgan fingerprint density at radius 3 is 1.68 bits per heavy atom. The molecule has 110 valence electrons. The van der Waals surface area contributed by atoms with Crippen LogP contribution in [0.25, 0.3) is 5.57 Å². The average molecular weight is 262 g/mol. The van der Waals surface area contributed by atoms with Crippen molar-refractivity contribution in [2.45, 2.75) is 74.1 Å². The maximum atomic E-state index is 3.90. The molecule has 0 aliphatic heterocycles. The number of rotatable bonds is 3. The molecular weight excluding hydrogens is 228 g/mol. The monoisotopic (exact) mass is 262 g/mol. The highest BCUT2D eigenvalue weighted by Gasteiger charge is 1.95. The highest BCUT2D eigenvalue weighted by Crippen LogP contribution is 2.15. The topological polar surface area (TPSA) is 0 Å². The normalized spacial score (nSPS) is 8.79. The van der Waals surface area contributed by atoms with Crippen molar-refractivity contribution in [1.29, 1.82) is 0 Å². The molecule has 0 fully saturated rings. The lowest BCUT2D eigenvalue weighted by molar-refractivity contribution is 0.772. The predicted octanol–water partition coefficient (Wildman–Crippen LogP) is 6.95. The number of unbranched alkanes of at least 4 members (excludes halogenated alkanes) is 2. The molecule has 0 atom stereocenters. The van der Waals surface area contributed by atoms with E-state index in [9.17, 15) is 0 Å². The van der Waals surface area contributed by atoms with Gasteiger partial charge in [0, 0.05) is 0 Å². The smallest absolute Gasteiger partial charge is 0.0230 e. The lowest BCUT2D eigenvalue weighted by Gasteiger charge is -2.03. The molecule has 0 saturated heterocycles. The SMILES string of the molecule is C=C(C)c1ccc(C)c(C)c1.CCC.CCCCC. The van der Waals surface area contributed by atoms with E-state index >= 15 is 0 Å². The van der Waals surface area contributed by atoms with Gasteiger partial charge >= 0.3 is 0 Å². The molecule has 0 unspecified atom stereocenters. The van der Waals surface area contributed by atoms with Crippen molar-refractivity contribution in [2.24, 2.45) is 0 Å². The molecule has 0 aliphatic rings. The molecule has 0 nitrogen and oxygen atoms in total. The van der Waals surface area contributed by atoms with Crippen LogP contribution in [-0.4, -0.2) is 0 Å². The standard InChI is InChI=1S/C11H14.C5H12.C3H8/c1-8(2)11-6-5-9(3)10(4)7-11;1-3-5-4-2;1-3-2/h5-7H,1H2,2-4H3;3-5H2,1-2H3;3H2,1-2H3. The van der Waals surface area contributed by atoms with Gasteiger partial charge in [-0.25, -0.2) is 0 Å². The van der Waals surface area contributed by atoms with Gasteiger partial charge < -0.3 is 0 Å². The Bertz CT molecular complexity index is 332. The summed E-state index contributed by atoms with van der Waals surface area (Å²) < 4.78 is 0. The van der Waals surface area contributed by atoms with Crippen molar-refractivity contribution in [1.82, 2.24) is 0 Å². The van der Waals surface area contributed by atoms with Gasteiger partial charge in [0.15, 0.2) is 0 Å². The molecule has 0 heteroatoms. The van der Waals surface area contributed by atoms with E-state index in [-0.39, 0.29) is 0 Å². The first-order valence-corrected chi connectivity index (χ1v) is 7.67. The van der Waals surface area contributed by atoms with E-state index in [2.05, 4.69) is 66.3 Å². The van der Waals surface area contributed by atoms with Crippen LogP contribution in [0.1, 0.15) is 77.0 Å². The minimum Gasteiger partial charge on any atom is -0.0955 e. The molecule has 1 aromatic rings. The molecule has 1 rings (SSSR count). The first kappa shape index (κ1) is 20.3. The average Bonchev–Trinajstić information content (AvgIpc) is 2.35. The summed E-state index contributed by atoms with van der Waals surface area (Å²) in [5.41, 5.74) is 5.06. The number of benzene rings is 1. The molecule has 0 bridgehead atoms. The van der Waals surface area contributed by atoms with E-state index in [0.29, 0.717) is 0 Å². The van der Waals surface area contributed by atoms with E-state index in [1.165, 1.54) is 42.4 Å². The molecule has 0 aromatic heterocycles. The zero-order chi connectivity index (χ0) is 15.3. The zero-order valence-electron chi connectivity index (χ0n) is 14.3. The van der Waals surface area contributed by atoms with E-state index < -0.39 is 0 Å². The summed E-state index contributed by atoms with van der Waals surface area (Å²) >= 11 is 0. The van der Waals surface area contributed by atoms with Crippen LogP contribution in [0, 0.1) is 13.8 Å². The van der Waals surface area contributed by atoms with Crippen LogP contribution in [0.5, 0.6) is 0 Å². The van der Waals surface area contributed by atoms with Crippen molar-refractivity contribution < 1.29 is 0 Å². The van der Waals surface area contributed by atoms with Gasteiger partial charge in [-0.1, -0.05) is 83.7 Å². The quantitative estimate of drug-likeness (QED) is 0.553. The third-order valence-corrected chi connectivity index (χ3v) is 2.71. The number of hydrogen-bond acceptors (Lipinski definition) is 0. The van der Waals surface area contributed by atoms with Crippen molar-refractivity contribution in [3.8, 4) is 0 Å². The van der Waals surface area contributed by atoms with Crippen LogP contribution in [0.3, 0.4) is 0 Å². The Hall–Kier alpha value is -1.04. The van der Waals surface area contributed by atoms with E-state index in [1.807, 2.05) is 6.92 Å². The van der Waals surface area contributed by atoms with Crippen LogP contribution >= 0.6 is 0 Å². The molecule has 0 heterocycles. The van der Waals surface area contributed by atoms with E-state index in [4.69, 9.17) is 0 Å². The van der Waals surface area contributed by atoms with Crippen molar-refractivity contribution in [3.63, 3.8) is 0 Å². The first-order valence-electron chi connectivity index (χ1n) is 7.67. The van der Waals surface area contributed by atoms with Gasteiger partial charge in [-0.2, -0.15) is 0 Å². The van der Waals surface area contributed by atoms with Gasteiger partial charge in [0.05, 0.1) is 0 Å². The number of hydrogen-bond donors (Lipinski definition) is 0. The van der Waals surface area contributed by atoms with E-state index in [1.54, 1.807) is 0 Å². The number of allylic oxidation sites excluding steroid dienone is 1. The molecular formula is C19H34. The Kier molecular flexibility index (Phi) is 14.3. The van der Waals surface area contributed by atoms with E-state index in [0.717, 1.165) is 5.57 Å². The lowest BCUT2D eigenvalue weighted by atomic mass is 10.0. The van der Waals surface area contributed by atoms with Crippen molar-refractivity contribution in [2.75, 3.05) is 0 Å². The van der Waals surface area contributed by atoms with Crippen molar-refractivity contribution in [3.05, 3.63) is 41.5 Å². The van der Waals surface area contributed by atoms with Gasteiger partial charge in [-0.05, 0) is 37.5 Å². The summed E-state index contributed by atoms with van der Waals surface area (Å²) in [5.74, 6) is 0. The Balaban J connectivity index is 0. The molecule has 0 amide bonds.